The molecular formula is C20H29N3OS. The van der Waals surface area contributed by atoms with Gasteiger partial charge in [-0.25, -0.2) is 0 Å². The molecule has 4 nitrogen and oxygen atoms in total. The average Bonchev–Trinajstić information content (AvgIpc) is 3.14. The van der Waals surface area contributed by atoms with Crippen molar-refractivity contribution in [2.24, 2.45) is 0 Å². The van der Waals surface area contributed by atoms with Crippen LogP contribution in [-0.2, 0) is 6.54 Å². The second kappa shape index (κ2) is 9.70. The Morgan fingerprint density at radius 1 is 1.12 bits per heavy atom. The molecule has 0 aliphatic rings. The van der Waals surface area contributed by atoms with E-state index in [0.717, 1.165) is 19.6 Å². The van der Waals surface area contributed by atoms with Crippen LogP contribution in [0.4, 0.5) is 0 Å². The second-order valence-electron chi connectivity index (χ2n) is 6.36. The molecule has 5 heteroatoms. The highest BCUT2D eigenvalue weighted by Gasteiger charge is 2.16. The van der Waals surface area contributed by atoms with E-state index in [2.05, 4.69) is 52.5 Å². The lowest BCUT2D eigenvalue weighted by Gasteiger charge is -2.23. The third-order valence-corrected chi connectivity index (χ3v) is 5.44. The van der Waals surface area contributed by atoms with Crippen LogP contribution >= 0.6 is 11.3 Å². The minimum atomic E-state index is -0.0159. The van der Waals surface area contributed by atoms with Crippen LogP contribution in [0.3, 0.4) is 0 Å². The highest BCUT2D eigenvalue weighted by Crippen LogP contribution is 2.22. The van der Waals surface area contributed by atoms with E-state index < -0.39 is 0 Å². The number of benzene rings is 1. The number of nitrogens with one attached hydrogen (secondary N) is 1. The summed E-state index contributed by atoms with van der Waals surface area (Å²) in [5.74, 6) is -0.0159. The van der Waals surface area contributed by atoms with E-state index in [1.54, 1.807) is 11.3 Å². The number of carbonyl (C=O) groups is 1. The average molecular weight is 360 g/mol. The van der Waals surface area contributed by atoms with Gasteiger partial charge in [0.2, 0.25) is 0 Å². The Morgan fingerprint density at radius 3 is 2.32 bits per heavy atom. The number of hydrogen-bond acceptors (Lipinski definition) is 4. The lowest BCUT2D eigenvalue weighted by atomic mass is 10.1. The minimum absolute atomic E-state index is 0.0159. The van der Waals surface area contributed by atoms with Crippen LogP contribution in [0.1, 0.15) is 40.7 Å². The molecule has 2 rings (SSSR count). The van der Waals surface area contributed by atoms with Gasteiger partial charge < -0.3 is 10.2 Å². The van der Waals surface area contributed by atoms with Crippen LogP contribution < -0.4 is 5.32 Å². The van der Waals surface area contributed by atoms with Gasteiger partial charge in [-0.1, -0.05) is 32.0 Å². The number of carbonyl (C=O) groups excluding carboxylic acids is 1. The topological polar surface area (TPSA) is 35.6 Å². The third-order valence-electron chi connectivity index (χ3n) is 4.47. The molecule has 1 atom stereocenters. The second-order valence-corrected chi connectivity index (χ2v) is 7.34. The first-order valence-corrected chi connectivity index (χ1v) is 9.72. The van der Waals surface area contributed by atoms with E-state index in [9.17, 15) is 4.79 Å². The molecule has 0 radical (unpaired) electrons. The maximum absolute atomic E-state index is 12.5. The minimum Gasteiger partial charge on any atom is -0.350 e. The van der Waals surface area contributed by atoms with Gasteiger partial charge in [0.15, 0.2) is 0 Å². The highest BCUT2D eigenvalue weighted by atomic mass is 32.1. The number of rotatable bonds is 9. The number of nitrogens with zero attached hydrogens (tertiary/aromatic N) is 2. The molecule has 1 N–H and O–H groups in total. The molecule has 0 saturated carbocycles. The third kappa shape index (κ3) is 5.66. The van der Waals surface area contributed by atoms with Gasteiger partial charge in [0.25, 0.3) is 5.91 Å². The molecular weight excluding hydrogens is 330 g/mol. The smallest absolute Gasteiger partial charge is 0.251 e. The molecule has 1 unspecified atom stereocenters. The Morgan fingerprint density at radius 2 is 1.80 bits per heavy atom. The molecule has 2 aromatic rings. The van der Waals surface area contributed by atoms with Gasteiger partial charge >= 0.3 is 0 Å². The van der Waals surface area contributed by atoms with E-state index >= 15 is 0 Å². The molecule has 1 aromatic carbocycles. The fourth-order valence-corrected chi connectivity index (χ4v) is 3.70. The zero-order valence-electron chi connectivity index (χ0n) is 15.7. The molecule has 0 aliphatic heterocycles. The Kier molecular flexibility index (Phi) is 7.62. The predicted molar refractivity (Wildman–Crippen MR) is 106 cm³/mol. The van der Waals surface area contributed by atoms with Crippen molar-refractivity contribution >= 4 is 17.2 Å². The predicted octanol–water partition coefficient (Wildman–Crippen LogP) is 3.62. The van der Waals surface area contributed by atoms with E-state index in [-0.39, 0.29) is 11.9 Å². The summed E-state index contributed by atoms with van der Waals surface area (Å²) in [5, 5.41) is 5.14. The standard InChI is InChI=1S/C20H29N3OS/c1-5-23(6-2)15-16-9-11-17(12-10-16)20(24)21-14-18(22(3)4)19-8-7-13-25-19/h7-13,18H,5-6,14-15H2,1-4H3,(H,21,24). The van der Waals surface area contributed by atoms with Crippen LogP contribution in [0, 0.1) is 0 Å². The SMILES string of the molecule is CCN(CC)Cc1ccc(C(=O)NCC(c2cccs2)N(C)C)cc1. The van der Waals surface area contributed by atoms with Crippen LogP contribution in [0.2, 0.25) is 0 Å². The first-order valence-electron chi connectivity index (χ1n) is 8.84. The summed E-state index contributed by atoms with van der Waals surface area (Å²) < 4.78 is 0. The van der Waals surface area contributed by atoms with Gasteiger partial charge in [0, 0.05) is 23.5 Å². The van der Waals surface area contributed by atoms with Gasteiger partial charge in [-0.2, -0.15) is 0 Å². The number of amides is 1. The van der Waals surface area contributed by atoms with Crippen LogP contribution in [0.15, 0.2) is 41.8 Å². The summed E-state index contributed by atoms with van der Waals surface area (Å²) in [4.78, 5) is 18.2. The molecule has 25 heavy (non-hydrogen) atoms. The maximum Gasteiger partial charge on any atom is 0.251 e. The van der Waals surface area contributed by atoms with Crippen LogP contribution in [0.25, 0.3) is 0 Å². The van der Waals surface area contributed by atoms with Crippen LogP contribution in [-0.4, -0.2) is 49.4 Å². The Balaban J connectivity index is 1.94. The van der Waals surface area contributed by atoms with Crippen molar-refractivity contribution in [3.8, 4) is 0 Å². The first kappa shape index (κ1) is 19.6. The molecule has 0 fully saturated rings. The fraction of sp³-hybridized carbons (Fsp3) is 0.450. The van der Waals surface area contributed by atoms with E-state index in [1.165, 1.54) is 10.4 Å². The summed E-state index contributed by atoms with van der Waals surface area (Å²) in [5.41, 5.74) is 1.96. The Labute approximate surface area is 155 Å². The fourth-order valence-electron chi connectivity index (χ4n) is 2.78. The van der Waals surface area contributed by atoms with Gasteiger partial charge in [-0.05, 0) is 56.3 Å². The van der Waals surface area contributed by atoms with E-state index in [1.807, 2.05) is 32.3 Å². The van der Waals surface area contributed by atoms with Crippen molar-refractivity contribution in [1.29, 1.82) is 0 Å². The summed E-state index contributed by atoms with van der Waals surface area (Å²) in [7, 11) is 4.08. The molecule has 0 aliphatic carbocycles. The maximum atomic E-state index is 12.5. The van der Waals surface area contributed by atoms with Crippen molar-refractivity contribution in [3.63, 3.8) is 0 Å². The lowest BCUT2D eigenvalue weighted by molar-refractivity contribution is 0.0942. The molecule has 1 aromatic heterocycles. The monoisotopic (exact) mass is 359 g/mol. The first-order chi connectivity index (χ1) is 12.0. The highest BCUT2D eigenvalue weighted by molar-refractivity contribution is 7.10. The zero-order chi connectivity index (χ0) is 18.2. The number of thiophene rings is 1. The molecule has 0 saturated heterocycles. The van der Waals surface area contributed by atoms with Crippen molar-refractivity contribution < 1.29 is 4.79 Å². The zero-order valence-corrected chi connectivity index (χ0v) is 16.5. The molecule has 136 valence electrons. The summed E-state index contributed by atoms with van der Waals surface area (Å²) in [6.07, 6.45) is 0. The number of hydrogen-bond donors (Lipinski definition) is 1. The summed E-state index contributed by atoms with van der Waals surface area (Å²) in [6, 6.07) is 12.3. The molecule has 1 heterocycles. The number of likely N-dealkylation sites (N-methyl/N-ethyl adjacent to an activating group) is 1. The largest absolute Gasteiger partial charge is 0.350 e. The van der Waals surface area contributed by atoms with Crippen molar-refractivity contribution in [3.05, 3.63) is 57.8 Å². The van der Waals surface area contributed by atoms with Gasteiger partial charge in [0.1, 0.15) is 0 Å². The summed E-state index contributed by atoms with van der Waals surface area (Å²) >= 11 is 1.72. The normalized spacial score (nSPS) is 12.6. The molecule has 1 amide bonds. The van der Waals surface area contributed by atoms with Gasteiger partial charge in [0.05, 0.1) is 6.04 Å². The Hall–Kier alpha value is -1.69. The summed E-state index contributed by atoms with van der Waals surface area (Å²) in [6.45, 7) is 7.93. The van der Waals surface area contributed by atoms with E-state index in [0.29, 0.717) is 12.1 Å². The van der Waals surface area contributed by atoms with Crippen LogP contribution in [0.5, 0.6) is 0 Å². The molecule has 0 spiro atoms. The quantitative estimate of drug-likeness (QED) is 0.743. The van der Waals surface area contributed by atoms with Crippen molar-refractivity contribution in [1.82, 2.24) is 15.1 Å². The Bertz CT molecular complexity index is 633. The molecule has 0 bridgehead atoms. The van der Waals surface area contributed by atoms with E-state index in [4.69, 9.17) is 0 Å². The lowest BCUT2D eigenvalue weighted by Crippen LogP contribution is -2.34. The van der Waals surface area contributed by atoms with Crippen molar-refractivity contribution in [2.45, 2.75) is 26.4 Å². The van der Waals surface area contributed by atoms with Gasteiger partial charge in [-0.15, -0.1) is 11.3 Å². The van der Waals surface area contributed by atoms with Crippen molar-refractivity contribution in [2.75, 3.05) is 33.7 Å². The van der Waals surface area contributed by atoms with Gasteiger partial charge in [-0.3, -0.25) is 9.69 Å².